The molecule has 1 aliphatic carbocycles. The Bertz CT molecular complexity index is 404. The van der Waals surface area contributed by atoms with Crippen LogP contribution < -0.4 is 0 Å². The van der Waals surface area contributed by atoms with Gasteiger partial charge in [0.1, 0.15) is 0 Å². The van der Waals surface area contributed by atoms with Crippen molar-refractivity contribution >= 4 is 11.4 Å². The fourth-order valence-corrected chi connectivity index (χ4v) is 1.22. The van der Waals surface area contributed by atoms with Gasteiger partial charge in [0.2, 0.25) is 0 Å². The number of para-hydroxylation sites is 1. The Morgan fingerprint density at radius 3 is 2.14 bits per heavy atom. The molecular formula is C13H11N. The van der Waals surface area contributed by atoms with E-state index in [4.69, 9.17) is 0 Å². The maximum Gasteiger partial charge on any atom is 0.0637 e. The lowest BCUT2D eigenvalue weighted by molar-refractivity contribution is 1.51. The monoisotopic (exact) mass is 181 g/mol. The average molecular weight is 181 g/mol. The third kappa shape index (κ3) is 2.07. The first-order chi connectivity index (χ1) is 6.84. The molecule has 1 aromatic carbocycles. The molecule has 0 unspecified atom stereocenters. The molecule has 68 valence electrons. The van der Waals surface area contributed by atoms with E-state index in [9.17, 15) is 0 Å². The SMILES string of the molecule is C=C1C=CC(=Nc2ccccc2)C=C1. The third-order valence-corrected chi connectivity index (χ3v) is 1.95. The summed E-state index contributed by atoms with van der Waals surface area (Å²) in [6, 6.07) is 9.91. The smallest absolute Gasteiger partial charge is 0.0637 e. The van der Waals surface area contributed by atoms with E-state index < -0.39 is 0 Å². The van der Waals surface area contributed by atoms with Crippen LogP contribution in [-0.2, 0) is 0 Å². The zero-order chi connectivity index (χ0) is 9.80. The summed E-state index contributed by atoms with van der Waals surface area (Å²) in [6.07, 6.45) is 7.86. The molecular weight excluding hydrogens is 170 g/mol. The van der Waals surface area contributed by atoms with Crippen LogP contribution in [0.1, 0.15) is 0 Å². The van der Waals surface area contributed by atoms with Crippen LogP contribution in [0.15, 0.2) is 71.8 Å². The van der Waals surface area contributed by atoms with E-state index >= 15 is 0 Å². The van der Waals surface area contributed by atoms with Crippen molar-refractivity contribution in [3.63, 3.8) is 0 Å². The molecule has 0 radical (unpaired) electrons. The molecule has 1 aliphatic rings. The van der Waals surface area contributed by atoms with Crippen LogP contribution >= 0.6 is 0 Å². The summed E-state index contributed by atoms with van der Waals surface area (Å²) in [7, 11) is 0. The summed E-state index contributed by atoms with van der Waals surface area (Å²) in [5.41, 5.74) is 2.95. The second kappa shape index (κ2) is 3.88. The lowest BCUT2D eigenvalue weighted by atomic mass is 10.1. The highest BCUT2D eigenvalue weighted by Gasteiger charge is 1.95. The van der Waals surface area contributed by atoms with E-state index in [2.05, 4.69) is 11.6 Å². The van der Waals surface area contributed by atoms with Crippen molar-refractivity contribution in [2.24, 2.45) is 4.99 Å². The van der Waals surface area contributed by atoms with E-state index in [1.807, 2.05) is 54.6 Å². The van der Waals surface area contributed by atoms with E-state index in [1.54, 1.807) is 0 Å². The van der Waals surface area contributed by atoms with Gasteiger partial charge in [-0.15, -0.1) is 0 Å². The quantitative estimate of drug-likeness (QED) is 0.629. The van der Waals surface area contributed by atoms with Gasteiger partial charge in [-0.2, -0.15) is 0 Å². The van der Waals surface area contributed by atoms with Crippen LogP contribution in [0.5, 0.6) is 0 Å². The van der Waals surface area contributed by atoms with Gasteiger partial charge < -0.3 is 0 Å². The van der Waals surface area contributed by atoms with Crippen LogP contribution in [0, 0.1) is 0 Å². The Labute approximate surface area is 83.8 Å². The van der Waals surface area contributed by atoms with Gasteiger partial charge in [0.25, 0.3) is 0 Å². The fourth-order valence-electron chi connectivity index (χ4n) is 1.22. The summed E-state index contributed by atoms with van der Waals surface area (Å²) in [4.78, 5) is 4.45. The largest absolute Gasteiger partial charge is 0.249 e. The molecule has 1 aromatic rings. The molecule has 0 bridgehead atoms. The Kier molecular flexibility index (Phi) is 2.41. The van der Waals surface area contributed by atoms with Crippen LogP contribution in [0.4, 0.5) is 5.69 Å². The van der Waals surface area contributed by atoms with Crippen molar-refractivity contribution in [2.45, 2.75) is 0 Å². The first-order valence-corrected chi connectivity index (χ1v) is 4.53. The summed E-state index contributed by atoms with van der Waals surface area (Å²) in [5.74, 6) is 0. The average Bonchev–Trinajstić information content (AvgIpc) is 2.23. The van der Waals surface area contributed by atoms with Crippen LogP contribution in [0.25, 0.3) is 0 Å². The molecule has 0 N–H and O–H groups in total. The minimum Gasteiger partial charge on any atom is -0.249 e. The lowest BCUT2D eigenvalue weighted by Gasteiger charge is -2.00. The molecule has 0 aliphatic heterocycles. The van der Waals surface area contributed by atoms with Crippen molar-refractivity contribution in [2.75, 3.05) is 0 Å². The predicted molar refractivity (Wildman–Crippen MR) is 61.0 cm³/mol. The first-order valence-electron chi connectivity index (χ1n) is 4.53. The Hall–Kier alpha value is -1.89. The zero-order valence-electron chi connectivity index (χ0n) is 7.85. The first kappa shape index (κ1) is 8.70. The molecule has 1 nitrogen and oxygen atoms in total. The number of hydrogen-bond acceptors (Lipinski definition) is 1. The summed E-state index contributed by atoms with van der Waals surface area (Å²) in [6.45, 7) is 3.83. The predicted octanol–water partition coefficient (Wildman–Crippen LogP) is 3.44. The van der Waals surface area contributed by atoms with E-state index in [0.717, 1.165) is 17.0 Å². The second-order valence-corrected chi connectivity index (χ2v) is 3.11. The minimum absolute atomic E-state index is 0.962. The van der Waals surface area contributed by atoms with Crippen molar-refractivity contribution in [3.8, 4) is 0 Å². The van der Waals surface area contributed by atoms with Crippen molar-refractivity contribution in [1.29, 1.82) is 0 Å². The van der Waals surface area contributed by atoms with Crippen LogP contribution in [-0.4, -0.2) is 5.71 Å². The lowest BCUT2D eigenvalue weighted by Crippen LogP contribution is -1.91. The Balaban J connectivity index is 2.25. The zero-order valence-corrected chi connectivity index (χ0v) is 7.85. The van der Waals surface area contributed by atoms with Gasteiger partial charge in [-0.25, -0.2) is 4.99 Å². The van der Waals surface area contributed by atoms with Gasteiger partial charge in [-0.3, -0.25) is 0 Å². The fraction of sp³-hybridized carbons (Fsp3) is 0. The van der Waals surface area contributed by atoms with Gasteiger partial charge in [-0.1, -0.05) is 36.9 Å². The van der Waals surface area contributed by atoms with E-state index in [-0.39, 0.29) is 0 Å². The van der Waals surface area contributed by atoms with Gasteiger partial charge in [-0.05, 0) is 29.9 Å². The third-order valence-electron chi connectivity index (χ3n) is 1.95. The molecule has 14 heavy (non-hydrogen) atoms. The number of benzene rings is 1. The Morgan fingerprint density at radius 1 is 0.857 bits per heavy atom. The van der Waals surface area contributed by atoms with Crippen LogP contribution in [0.3, 0.4) is 0 Å². The molecule has 1 heteroatoms. The van der Waals surface area contributed by atoms with Gasteiger partial charge >= 0.3 is 0 Å². The molecule has 0 heterocycles. The maximum atomic E-state index is 4.45. The summed E-state index contributed by atoms with van der Waals surface area (Å²) < 4.78 is 0. The molecule has 0 saturated heterocycles. The standard InChI is InChI=1S/C13H11N/c1-11-7-9-13(10-8-11)14-12-5-3-2-4-6-12/h2-10H,1H2. The molecule has 0 amide bonds. The Morgan fingerprint density at radius 2 is 1.50 bits per heavy atom. The molecule has 2 rings (SSSR count). The number of nitrogens with zero attached hydrogens (tertiary/aromatic N) is 1. The maximum absolute atomic E-state index is 4.45. The topological polar surface area (TPSA) is 12.4 Å². The van der Waals surface area contributed by atoms with Crippen molar-refractivity contribution < 1.29 is 0 Å². The summed E-state index contributed by atoms with van der Waals surface area (Å²) >= 11 is 0. The molecule has 0 atom stereocenters. The highest BCUT2D eigenvalue weighted by atomic mass is 14.7. The molecule has 0 fully saturated rings. The van der Waals surface area contributed by atoms with Gasteiger partial charge in [0, 0.05) is 0 Å². The highest BCUT2D eigenvalue weighted by molar-refractivity contribution is 6.07. The minimum atomic E-state index is 0.962. The second-order valence-electron chi connectivity index (χ2n) is 3.11. The highest BCUT2D eigenvalue weighted by Crippen LogP contribution is 2.13. The van der Waals surface area contributed by atoms with Gasteiger partial charge in [0.05, 0.1) is 11.4 Å². The number of rotatable bonds is 1. The molecule has 0 spiro atoms. The number of allylic oxidation sites excluding steroid dienone is 5. The van der Waals surface area contributed by atoms with E-state index in [1.165, 1.54) is 0 Å². The van der Waals surface area contributed by atoms with Crippen molar-refractivity contribution in [3.05, 3.63) is 66.8 Å². The van der Waals surface area contributed by atoms with Crippen LogP contribution in [0.2, 0.25) is 0 Å². The van der Waals surface area contributed by atoms with Crippen molar-refractivity contribution in [1.82, 2.24) is 0 Å². The van der Waals surface area contributed by atoms with Gasteiger partial charge in [0.15, 0.2) is 0 Å². The number of aliphatic imine (C=N–C) groups is 1. The summed E-state index contributed by atoms with van der Waals surface area (Å²) in [5, 5.41) is 0. The molecule has 0 saturated carbocycles. The number of hydrogen-bond donors (Lipinski definition) is 0. The normalized spacial score (nSPS) is 14.6. The molecule has 0 aromatic heterocycles. The van der Waals surface area contributed by atoms with E-state index in [0.29, 0.717) is 0 Å².